The number of tetrazole rings is 1. The normalized spacial score (nSPS) is 15.1. The maximum Gasteiger partial charge on any atom is 0.416 e. The molecular formula is C23H25F4N7O3S2. The highest BCUT2D eigenvalue weighted by Gasteiger charge is 2.32. The van der Waals surface area contributed by atoms with Gasteiger partial charge in [0.05, 0.1) is 17.8 Å². The van der Waals surface area contributed by atoms with Gasteiger partial charge in [0.25, 0.3) is 0 Å². The lowest BCUT2D eigenvalue weighted by Gasteiger charge is -2.32. The molecule has 0 bridgehead atoms. The Kier molecular flexibility index (Phi) is 8.28. The van der Waals surface area contributed by atoms with Crippen LogP contribution >= 0.6 is 12.6 Å². The van der Waals surface area contributed by atoms with Gasteiger partial charge in [0.15, 0.2) is 5.82 Å². The van der Waals surface area contributed by atoms with Gasteiger partial charge >= 0.3 is 6.18 Å². The highest BCUT2D eigenvalue weighted by molar-refractivity contribution is 7.90. The van der Waals surface area contributed by atoms with E-state index >= 15 is 0 Å². The summed E-state index contributed by atoms with van der Waals surface area (Å²) in [5.41, 5.74) is 0.143. The van der Waals surface area contributed by atoms with E-state index in [1.54, 1.807) is 11.8 Å². The van der Waals surface area contributed by atoms with E-state index in [1.807, 2.05) is 0 Å². The van der Waals surface area contributed by atoms with Crippen LogP contribution in [0.25, 0.3) is 0 Å². The number of halogens is 4. The number of carbonyl (C=O) groups is 1. The summed E-state index contributed by atoms with van der Waals surface area (Å²) in [4.78, 5) is 19.2. The first-order valence-electron chi connectivity index (χ1n) is 11.9. The Balaban J connectivity index is 1.41. The van der Waals surface area contributed by atoms with E-state index in [2.05, 4.69) is 33.0 Å². The van der Waals surface area contributed by atoms with Crippen molar-refractivity contribution in [2.45, 2.75) is 61.2 Å². The van der Waals surface area contributed by atoms with Gasteiger partial charge in [0, 0.05) is 25.4 Å². The Hall–Kier alpha value is -3.11. The number of carbonyl (C=O) groups excluding carboxylic acids is 1. The van der Waals surface area contributed by atoms with E-state index in [0.29, 0.717) is 42.9 Å². The van der Waals surface area contributed by atoms with Gasteiger partial charge in [0.2, 0.25) is 15.9 Å². The predicted octanol–water partition coefficient (Wildman–Crippen LogP) is 2.86. The van der Waals surface area contributed by atoms with Gasteiger partial charge in [-0.3, -0.25) is 4.79 Å². The third-order valence-electron chi connectivity index (χ3n) is 6.50. The number of nitrogens with two attached hydrogens (primary N) is 1. The molecule has 1 fully saturated rings. The van der Waals surface area contributed by atoms with Crippen molar-refractivity contribution in [1.82, 2.24) is 30.1 Å². The summed E-state index contributed by atoms with van der Waals surface area (Å²) in [6.45, 7) is 2.20. The summed E-state index contributed by atoms with van der Waals surface area (Å²) in [7, 11) is -4.18. The van der Waals surface area contributed by atoms with Crippen LogP contribution in [-0.2, 0) is 34.0 Å². The van der Waals surface area contributed by atoms with Crippen LogP contribution in [-0.4, -0.2) is 57.5 Å². The zero-order valence-electron chi connectivity index (χ0n) is 20.7. The fourth-order valence-electron chi connectivity index (χ4n) is 4.51. The molecule has 0 saturated carbocycles. The van der Waals surface area contributed by atoms with Crippen molar-refractivity contribution in [1.29, 1.82) is 0 Å². The minimum Gasteiger partial charge on any atom is -0.343 e. The molecule has 0 spiro atoms. The molecule has 3 heterocycles. The Labute approximate surface area is 227 Å². The molecule has 0 atom stereocenters. The topological polar surface area (TPSA) is 137 Å². The van der Waals surface area contributed by atoms with E-state index < -0.39 is 32.5 Å². The minimum absolute atomic E-state index is 0.0321. The largest absolute Gasteiger partial charge is 0.416 e. The van der Waals surface area contributed by atoms with E-state index in [4.69, 9.17) is 5.14 Å². The molecule has 1 saturated heterocycles. The first-order valence-corrected chi connectivity index (χ1v) is 13.8. The smallest absolute Gasteiger partial charge is 0.343 e. The lowest BCUT2D eigenvalue weighted by molar-refractivity contribution is -0.137. The van der Waals surface area contributed by atoms with Crippen LogP contribution in [0, 0.1) is 12.7 Å². The van der Waals surface area contributed by atoms with E-state index in [-0.39, 0.29) is 41.9 Å². The Bertz CT molecular complexity index is 1490. The molecule has 1 amide bonds. The van der Waals surface area contributed by atoms with Crippen LogP contribution in [0.1, 0.15) is 53.4 Å². The Morgan fingerprint density at radius 2 is 1.87 bits per heavy atom. The number of alkyl halides is 3. The molecule has 2 aromatic heterocycles. The van der Waals surface area contributed by atoms with Crippen molar-refractivity contribution in [3.8, 4) is 0 Å². The highest BCUT2D eigenvalue weighted by atomic mass is 32.2. The molecule has 0 unspecified atom stereocenters. The average Bonchev–Trinajstić information content (AvgIpc) is 3.27. The van der Waals surface area contributed by atoms with Gasteiger partial charge in [0.1, 0.15) is 15.7 Å². The average molecular weight is 588 g/mol. The van der Waals surface area contributed by atoms with Gasteiger partial charge < -0.3 is 4.90 Å². The summed E-state index contributed by atoms with van der Waals surface area (Å²) in [5.74, 6) is -0.979. The maximum absolute atomic E-state index is 14.6. The molecule has 1 aliphatic heterocycles. The van der Waals surface area contributed by atoms with Crippen molar-refractivity contribution < 1.29 is 30.8 Å². The number of nitrogens with zero attached hydrogens (tertiary/aromatic N) is 6. The third kappa shape index (κ3) is 6.91. The van der Waals surface area contributed by atoms with E-state index in [1.165, 1.54) is 10.9 Å². The number of amides is 1. The number of hydrogen-bond donors (Lipinski definition) is 2. The molecular weight excluding hydrogens is 562 g/mol. The fraction of sp³-hybridized carbons (Fsp3) is 0.435. The second kappa shape index (κ2) is 11.2. The number of piperidine rings is 1. The second-order valence-corrected chi connectivity index (χ2v) is 11.2. The predicted molar refractivity (Wildman–Crippen MR) is 133 cm³/mol. The zero-order valence-corrected chi connectivity index (χ0v) is 22.4. The summed E-state index contributed by atoms with van der Waals surface area (Å²) >= 11 is 4.03. The molecule has 1 aromatic carbocycles. The lowest BCUT2D eigenvalue weighted by atomic mass is 9.92. The Morgan fingerprint density at radius 1 is 1.18 bits per heavy atom. The molecule has 210 valence electrons. The van der Waals surface area contributed by atoms with Crippen LogP contribution < -0.4 is 5.14 Å². The number of benzene rings is 1. The second-order valence-electron chi connectivity index (χ2n) is 9.23. The van der Waals surface area contributed by atoms with Gasteiger partial charge in [-0.15, -0.1) is 22.8 Å². The molecule has 0 radical (unpaired) electrons. The number of rotatable bonds is 7. The molecule has 3 aromatic rings. The number of thiol groups is 1. The number of likely N-dealkylation sites (tertiary alicyclic amines) is 1. The van der Waals surface area contributed by atoms with Crippen molar-refractivity contribution in [3.63, 3.8) is 0 Å². The molecule has 39 heavy (non-hydrogen) atoms. The Morgan fingerprint density at radius 3 is 2.46 bits per heavy atom. The molecule has 4 rings (SSSR count). The fourth-order valence-corrected chi connectivity index (χ4v) is 5.63. The van der Waals surface area contributed by atoms with E-state index in [9.17, 15) is 30.8 Å². The number of aryl methyl sites for hydroxylation is 2. The summed E-state index contributed by atoms with van der Waals surface area (Å²) in [6, 6.07) is 4.17. The van der Waals surface area contributed by atoms with Gasteiger partial charge in [-0.2, -0.15) is 18.0 Å². The van der Waals surface area contributed by atoms with Crippen molar-refractivity contribution in [3.05, 3.63) is 58.3 Å². The number of sulfonamides is 1. The standard InChI is InChI=1S/C23H25F4N7O3S2/c1-13-30-32-34(31-13)12-16-10-17(23(25,26)27)4-2-14(16)3-5-20(35)33-8-6-15(7-9-33)21-18(24)11-19(22(38)29-21)39(28,36)37/h2,4,10-11,15H,3,5-9,12H2,1H3,(H,29,38)(H2,28,36,37). The van der Waals surface area contributed by atoms with E-state index in [0.717, 1.165) is 18.2 Å². The summed E-state index contributed by atoms with van der Waals surface area (Å²) in [5, 5.41) is 16.5. The van der Waals surface area contributed by atoms with Gasteiger partial charge in [-0.05, 0) is 60.7 Å². The van der Waals surface area contributed by atoms with Gasteiger partial charge in [-0.25, -0.2) is 22.9 Å². The highest BCUT2D eigenvalue weighted by Crippen LogP contribution is 2.33. The van der Waals surface area contributed by atoms with Crippen molar-refractivity contribution >= 4 is 28.6 Å². The number of aromatic nitrogens is 5. The summed E-state index contributed by atoms with van der Waals surface area (Å²) < 4.78 is 77.7. The molecule has 16 heteroatoms. The number of hydrogen-bond acceptors (Lipinski definition) is 8. The maximum atomic E-state index is 14.6. The van der Waals surface area contributed by atoms with Gasteiger partial charge in [-0.1, -0.05) is 6.07 Å². The van der Waals surface area contributed by atoms with Crippen LogP contribution in [0.2, 0.25) is 0 Å². The molecule has 1 aliphatic rings. The number of primary sulfonamides is 1. The van der Waals surface area contributed by atoms with Crippen molar-refractivity contribution in [2.24, 2.45) is 5.14 Å². The SMILES string of the molecule is Cc1nnn(Cc2cc(C(F)(F)F)ccc2CCC(=O)N2CCC(c3nc(S)c(S(N)(=O)=O)cc3F)CC2)n1. The summed E-state index contributed by atoms with van der Waals surface area (Å²) in [6.07, 6.45) is -3.49. The van der Waals surface area contributed by atoms with Crippen LogP contribution in [0.15, 0.2) is 34.2 Å². The quantitative estimate of drug-likeness (QED) is 0.320. The first-order chi connectivity index (χ1) is 18.2. The third-order valence-corrected chi connectivity index (χ3v) is 7.91. The zero-order chi connectivity index (χ0) is 28.5. The monoisotopic (exact) mass is 587 g/mol. The first kappa shape index (κ1) is 28.9. The van der Waals surface area contributed by atoms with Crippen molar-refractivity contribution in [2.75, 3.05) is 13.1 Å². The van der Waals surface area contributed by atoms with Crippen LogP contribution in [0.3, 0.4) is 0 Å². The molecule has 2 N–H and O–H groups in total. The lowest BCUT2D eigenvalue weighted by Crippen LogP contribution is -2.38. The van der Waals surface area contributed by atoms with Crippen LogP contribution in [0.4, 0.5) is 17.6 Å². The molecule has 10 nitrogen and oxygen atoms in total. The minimum atomic E-state index is -4.53. The molecule has 0 aliphatic carbocycles. The number of pyridine rings is 1. The van der Waals surface area contributed by atoms with Crippen LogP contribution in [0.5, 0.6) is 0 Å².